The number of rotatable bonds is 8. The summed E-state index contributed by atoms with van der Waals surface area (Å²) in [6, 6.07) is 12.2. The molecule has 3 aromatic carbocycles. The molecule has 8 nitrogen and oxygen atoms in total. The van der Waals surface area contributed by atoms with Crippen LogP contribution in [0, 0.1) is 17.5 Å². The molecule has 39 heavy (non-hydrogen) atoms. The number of ether oxygens (including phenoxy) is 2. The van der Waals surface area contributed by atoms with E-state index in [-0.39, 0.29) is 41.6 Å². The van der Waals surface area contributed by atoms with Crippen LogP contribution < -0.4 is 14.8 Å². The molecule has 0 unspecified atom stereocenters. The SMILES string of the molecule is O=C(C[C@H]1C[C@H]2c3cc(NS(=O)(=O)c4ccc(F)cc4)ccc3O[C@H]2[C@H](CO)O1)NCc1cc(F)ccc1F. The van der Waals surface area contributed by atoms with Crippen molar-refractivity contribution in [2.45, 2.75) is 48.5 Å². The van der Waals surface area contributed by atoms with Gasteiger partial charge >= 0.3 is 0 Å². The molecule has 0 spiro atoms. The number of nitrogens with one attached hydrogen (secondary N) is 2. The van der Waals surface area contributed by atoms with Crippen molar-refractivity contribution < 1.29 is 41.0 Å². The number of sulfonamides is 1. The Hall–Kier alpha value is -3.61. The van der Waals surface area contributed by atoms with Gasteiger partial charge in [0.2, 0.25) is 5.91 Å². The third-order valence-corrected chi connectivity index (χ3v) is 8.17. The normalized spacial score (nSPS) is 21.9. The van der Waals surface area contributed by atoms with E-state index in [0.717, 1.165) is 42.5 Å². The van der Waals surface area contributed by atoms with E-state index in [9.17, 15) is 31.5 Å². The van der Waals surface area contributed by atoms with E-state index in [1.807, 2.05) is 0 Å². The highest BCUT2D eigenvalue weighted by Gasteiger charge is 2.46. The highest BCUT2D eigenvalue weighted by molar-refractivity contribution is 7.92. The van der Waals surface area contributed by atoms with Crippen LogP contribution in [0.5, 0.6) is 5.75 Å². The molecule has 2 aliphatic heterocycles. The first-order valence-electron chi connectivity index (χ1n) is 12.2. The second kappa shape index (κ2) is 10.9. The molecule has 1 fully saturated rings. The molecule has 0 aromatic heterocycles. The molecular weight excluding hydrogens is 537 g/mol. The minimum absolute atomic E-state index is 0.00921. The summed E-state index contributed by atoms with van der Waals surface area (Å²) in [4.78, 5) is 12.5. The van der Waals surface area contributed by atoms with Gasteiger partial charge in [-0.05, 0) is 67.1 Å². The topological polar surface area (TPSA) is 114 Å². The van der Waals surface area contributed by atoms with Crippen LogP contribution in [0.25, 0.3) is 0 Å². The van der Waals surface area contributed by atoms with Gasteiger partial charge in [-0.3, -0.25) is 9.52 Å². The van der Waals surface area contributed by atoms with Gasteiger partial charge in [0.1, 0.15) is 35.4 Å². The molecule has 206 valence electrons. The quantitative estimate of drug-likeness (QED) is 0.387. The summed E-state index contributed by atoms with van der Waals surface area (Å²) >= 11 is 0. The van der Waals surface area contributed by atoms with Gasteiger partial charge in [0.25, 0.3) is 10.0 Å². The Kier molecular flexibility index (Phi) is 7.52. The number of fused-ring (bicyclic) bond motifs is 3. The van der Waals surface area contributed by atoms with Gasteiger partial charge < -0.3 is 19.9 Å². The molecule has 1 saturated heterocycles. The van der Waals surface area contributed by atoms with Crippen molar-refractivity contribution >= 4 is 21.6 Å². The first kappa shape index (κ1) is 27.0. The van der Waals surface area contributed by atoms with Crippen LogP contribution in [0.3, 0.4) is 0 Å². The second-order valence-corrected chi connectivity index (χ2v) is 11.1. The molecule has 3 N–H and O–H groups in total. The molecule has 2 aliphatic rings. The summed E-state index contributed by atoms with van der Waals surface area (Å²) < 4.78 is 80.4. The van der Waals surface area contributed by atoms with Crippen LogP contribution in [0.1, 0.15) is 29.9 Å². The van der Waals surface area contributed by atoms with Crippen LogP contribution in [0.4, 0.5) is 18.9 Å². The minimum atomic E-state index is -3.98. The lowest BCUT2D eigenvalue weighted by molar-refractivity contribution is -0.142. The lowest BCUT2D eigenvalue weighted by atomic mass is 9.84. The third kappa shape index (κ3) is 5.87. The summed E-state index contributed by atoms with van der Waals surface area (Å²) in [5, 5.41) is 12.5. The average Bonchev–Trinajstić information content (AvgIpc) is 3.26. The lowest BCUT2D eigenvalue weighted by Gasteiger charge is -2.37. The average molecular weight is 563 g/mol. The Morgan fingerprint density at radius 3 is 2.49 bits per heavy atom. The molecule has 1 amide bonds. The molecule has 0 bridgehead atoms. The van der Waals surface area contributed by atoms with Crippen molar-refractivity contribution in [1.29, 1.82) is 0 Å². The monoisotopic (exact) mass is 562 g/mol. The number of halogens is 3. The van der Waals surface area contributed by atoms with E-state index in [1.165, 1.54) is 6.07 Å². The first-order valence-corrected chi connectivity index (χ1v) is 13.7. The standard InChI is InChI=1S/C27H25F3N2O6S/c28-16-1-5-20(6-2-16)39(35,36)32-18-4-8-24-21(10-18)22-11-19(37-25(14-33)27(22)38-24)12-26(34)31-13-15-9-17(29)3-7-23(15)30/h1-10,19,22,25,27,32-33H,11-14H2,(H,31,34)/t19-,22+,25+,27-/m1/s1. The number of hydrogen-bond donors (Lipinski definition) is 3. The molecule has 0 aliphatic carbocycles. The van der Waals surface area contributed by atoms with Crippen LogP contribution in [0.15, 0.2) is 65.6 Å². The van der Waals surface area contributed by atoms with E-state index in [0.29, 0.717) is 17.7 Å². The highest BCUT2D eigenvalue weighted by Crippen LogP contribution is 2.47. The number of carbonyl (C=O) groups excluding carboxylic acids is 1. The van der Waals surface area contributed by atoms with Gasteiger partial charge in [0, 0.05) is 29.3 Å². The van der Waals surface area contributed by atoms with Crippen molar-refractivity contribution in [2.75, 3.05) is 11.3 Å². The number of aliphatic hydroxyl groups excluding tert-OH is 1. The maximum absolute atomic E-state index is 13.9. The van der Waals surface area contributed by atoms with E-state index >= 15 is 0 Å². The number of amides is 1. The van der Waals surface area contributed by atoms with Crippen molar-refractivity contribution in [3.05, 3.63) is 89.2 Å². The number of benzene rings is 3. The van der Waals surface area contributed by atoms with Crippen LogP contribution >= 0.6 is 0 Å². The zero-order chi connectivity index (χ0) is 27.7. The van der Waals surface area contributed by atoms with Crippen LogP contribution in [-0.2, 0) is 26.1 Å². The van der Waals surface area contributed by atoms with E-state index in [4.69, 9.17) is 9.47 Å². The van der Waals surface area contributed by atoms with Crippen LogP contribution in [0.2, 0.25) is 0 Å². The molecule has 0 saturated carbocycles. The first-order chi connectivity index (χ1) is 18.6. The number of aliphatic hydroxyl groups is 1. The van der Waals surface area contributed by atoms with E-state index in [2.05, 4.69) is 10.0 Å². The fourth-order valence-electron chi connectivity index (χ4n) is 4.93. The maximum Gasteiger partial charge on any atom is 0.261 e. The van der Waals surface area contributed by atoms with Crippen molar-refractivity contribution in [2.24, 2.45) is 0 Å². The Morgan fingerprint density at radius 2 is 1.74 bits per heavy atom. The van der Waals surface area contributed by atoms with Crippen molar-refractivity contribution in [3.8, 4) is 5.75 Å². The molecule has 2 heterocycles. The molecule has 5 rings (SSSR count). The smallest absolute Gasteiger partial charge is 0.261 e. The van der Waals surface area contributed by atoms with Crippen LogP contribution in [-0.4, -0.2) is 44.4 Å². The van der Waals surface area contributed by atoms with E-state index in [1.54, 1.807) is 12.1 Å². The summed E-state index contributed by atoms with van der Waals surface area (Å²) in [6.45, 7) is -0.569. The number of hydrogen-bond acceptors (Lipinski definition) is 6. The Bertz CT molecular complexity index is 1490. The maximum atomic E-state index is 13.9. The Labute approximate surface area is 222 Å². The zero-order valence-corrected chi connectivity index (χ0v) is 21.3. The van der Waals surface area contributed by atoms with Crippen molar-refractivity contribution in [3.63, 3.8) is 0 Å². The Morgan fingerprint density at radius 1 is 1.00 bits per heavy atom. The minimum Gasteiger partial charge on any atom is -0.487 e. The predicted molar refractivity (Wildman–Crippen MR) is 134 cm³/mol. The predicted octanol–water partition coefficient (Wildman–Crippen LogP) is 3.61. The fraction of sp³-hybridized carbons (Fsp3) is 0.296. The number of anilines is 1. The summed E-state index contributed by atoms with van der Waals surface area (Å²) in [5.41, 5.74) is 0.962. The highest BCUT2D eigenvalue weighted by atomic mass is 32.2. The van der Waals surface area contributed by atoms with Gasteiger partial charge in [0.05, 0.1) is 24.0 Å². The summed E-state index contributed by atoms with van der Waals surface area (Å²) in [5.74, 6) is -2.06. The second-order valence-electron chi connectivity index (χ2n) is 9.43. The summed E-state index contributed by atoms with van der Waals surface area (Å²) in [6.07, 6.45) is -1.66. The van der Waals surface area contributed by atoms with Gasteiger partial charge in [-0.1, -0.05) is 0 Å². The largest absolute Gasteiger partial charge is 0.487 e. The van der Waals surface area contributed by atoms with E-state index < -0.39 is 51.7 Å². The third-order valence-electron chi connectivity index (χ3n) is 6.77. The molecule has 0 radical (unpaired) electrons. The molecule has 12 heteroatoms. The van der Waals surface area contributed by atoms with Crippen molar-refractivity contribution in [1.82, 2.24) is 5.32 Å². The van der Waals surface area contributed by atoms with Gasteiger partial charge in [-0.2, -0.15) is 0 Å². The molecule has 4 atom stereocenters. The Balaban J connectivity index is 1.28. The fourth-order valence-corrected chi connectivity index (χ4v) is 5.98. The van der Waals surface area contributed by atoms with Gasteiger partial charge in [0.15, 0.2) is 0 Å². The molecular formula is C27H25F3N2O6S. The molecule has 3 aromatic rings. The van der Waals surface area contributed by atoms with Gasteiger partial charge in [-0.15, -0.1) is 0 Å². The lowest BCUT2D eigenvalue weighted by Crippen LogP contribution is -2.47. The number of carbonyl (C=O) groups is 1. The summed E-state index contributed by atoms with van der Waals surface area (Å²) in [7, 11) is -3.98. The zero-order valence-electron chi connectivity index (χ0n) is 20.4. The van der Waals surface area contributed by atoms with Gasteiger partial charge in [-0.25, -0.2) is 21.6 Å².